The summed E-state index contributed by atoms with van der Waals surface area (Å²) in [4.78, 5) is 11.5. The average Bonchev–Trinajstić information content (AvgIpc) is 2.95. The van der Waals surface area contributed by atoms with Crippen LogP contribution in [0.25, 0.3) is 22.3 Å². The summed E-state index contributed by atoms with van der Waals surface area (Å²) in [5, 5.41) is 6.07. The maximum Gasteiger partial charge on any atom is 0.412 e. The fourth-order valence-electron chi connectivity index (χ4n) is 5.20. The van der Waals surface area contributed by atoms with Crippen LogP contribution >= 0.6 is 12.2 Å². The van der Waals surface area contributed by atoms with E-state index in [9.17, 15) is 13.6 Å². The first-order chi connectivity index (χ1) is 20.8. The minimum absolute atomic E-state index is 0.332. The summed E-state index contributed by atoms with van der Waals surface area (Å²) in [6, 6.07) is 20.5. The van der Waals surface area contributed by atoms with Gasteiger partial charge < -0.3 is 24.3 Å². The molecule has 6 rings (SSSR count). The molecule has 4 aromatic carbocycles. The van der Waals surface area contributed by atoms with Crippen LogP contribution in [0.2, 0.25) is 0 Å². The molecule has 7 nitrogen and oxygen atoms in total. The second-order valence-electron chi connectivity index (χ2n) is 11.3. The standard InChI is InChI=1S/C17H16FNO3.C17H16FNO2S/c1-17(2)14-8-10(4-5-15(14)19-16(20)22-17)11-6-12(18)9-13(7-11)21-3;1-17(2)14-8-10(4-5-15(14)19-16(22)21-17)11-6-12(18)9-13(7-11)20-3/h4-9H,1-3H3,(H,19,20);4-9H,1-3H3,(H,19,22). The first-order valence-corrected chi connectivity index (χ1v) is 14.2. The van der Waals surface area contributed by atoms with E-state index in [0.717, 1.165) is 33.5 Å². The van der Waals surface area contributed by atoms with E-state index >= 15 is 0 Å². The van der Waals surface area contributed by atoms with Crippen molar-refractivity contribution < 1.29 is 32.5 Å². The molecule has 2 heterocycles. The Kier molecular flexibility index (Phi) is 8.22. The number of cyclic esters (lactones) is 1. The minimum Gasteiger partial charge on any atom is -0.497 e. The van der Waals surface area contributed by atoms with Crippen molar-refractivity contribution in [1.82, 2.24) is 0 Å². The number of carbonyl (C=O) groups is 1. The Hall–Kier alpha value is -4.70. The SMILES string of the molecule is COc1cc(F)cc(-c2ccc3c(c2)C(C)(C)OC(=O)N3)c1.COc1cc(F)cc(-c2ccc3c(c2)C(C)(C)OC(=S)N3)c1. The van der Waals surface area contributed by atoms with Crippen molar-refractivity contribution in [2.24, 2.45) is 0 Å². The second-order valence-corrected chi connectivity index (χ2v) is 11.7. The topological polar surface area (TPSA) is 78.1 Å². The van der Waals surface area contributed by atoms with Gasteiger partial charge in [0.1, 0.15) is 34.3 Å². The van der Waals surface area contributed by atoms with Crippen LogP contribution in [0.15, 0.2) is 72.8 Å². The van der Waals surface area contributed by atoms with Crippen molar-refractivity contribution in [2.45, 2.75) is 38.9 Å². The van der Waals surface area contributed by atoms with Crippen LogP contribution < -0.4 is 20.1 Å². The number of benzene rings is 4. The molecular formula is C34H32F2N2O5S. The van der Waals surface area contributed by atoms with Crippen LogP contribution in [-0.4, -0.2) is 25.5 Å². The Morgan fingerprint density at radius 1 is 0.636 bits per heavy atom. The van der Waals surface area contributed by atoms with E-state index in [2.05, 4.69) is 10.6 Å². The molecule has 2 N–H and O–H groups in total. The molecule has 228 valence electrons. The lowest BCUT2D eigenvalue weighted by molar-refractivity contribution is 0.0421. The number of hydrogen-bond acceptors (Lipinski definition) is 6. The van der Waals surface area contributed by atoms with E-state index in [1.54, 1.807) is 18.2 Å². The second kappa shape index (κ2) is 11.8. The molecule has 0 saturated heterocycles. The third-order valence-corrected chi connectivity index (χ3v) is 7.57. The highest BCUT2D eigenvalue weighted by atomic mass is 32.1. The van der Waals surface area contributed by atoms with Crippen LogP contribution in [-0.2, 0) is 20.7 Å². The number of rotatable bonds is 4. The molecule has 0 aromatic heterocycles. The summed E-state index contributed by atoms with van der Waals surface area (Å²) >= 11 is 5.11. The Morgan fingerprint density at radius 2 is 1.09 bits per heavy atom. The van der Waals surface area contributed by atoms with Crippen molar-refractivity contribution in [1.29, 1.82) is 0 Å². The van der Waals surface area contributed by atoms with Gasteiger partial charge in [0, 0.05) is 28.9 Å². The number of fused-ring (bicyclic) bond motifs is 2. The molecule has 0 saturated carbocycles. The monoisotopic (exact) mass is 618 g/mol. The number of carbonyl (C=O) groups excluding carboxylic acids is 1. The van der Waals surface area contributed by atoms with E-state index in [0.29, 0.717) is 27.9 Å². The maximum atomic E-state index is 13.7. The van der Waals surface area contributed by atoms with Gasteiger partial charge in [0.2, 0.25) is 0 Å². The highest BCUT2D eigenvalue weighted by Gasteiger charge is 2.34. The van der Waals surface area contributed by atoms with Gasteiger partial charge in [-0.3, -0.25) is 5.32 Å². The Balaban J connectivity index is 0.000000175. The average molecular weight is 619 g/mol. The lowest BCUT2D eigenvalue weighted by Crippen LogP contribution is -2.34. The first kappa shape index (κ1) is 30.7. The van der Waals surface area contributed by atoms with E-state index < -0.39 is 17.3 Å². The van der Waals surface area contributed by atoms with Crippen LogP contribution in [0.3, 0.4) is 0 Å². The van der Waals surface area contributed by atoms with Crippen molar-refractivity contribution in [2.75, 3.05) is 24.9 Å². The van der Waals surface area contributed by atoms with Crippen LogP contribution in [0.5, 0.6) is 11.5 Å². The highest BCUT2D eigenvalue weighted by molar-refractivity contribution is 7.80. The van der Waals surface area contributed by atoms with Gasteiger partial charge in [-0.25, -0.2) is 13.6 Å². The minimum atomic E-state index is -0.745. The molecule has 2 aliphatic heterocycles. The van der Waals surface area contributed by atoms with Gasteiger partial charge in [-0.2, -0.15) is 0 Å². The molecule has 44 heavy (non-hydrogen) atoms. The van der Waals surface area contributed by atoms with Crippen LogP contribution in [0, 0.1) is 11.6 Å². The summed E-state index contributed by atoms with van der Waals surface area (Å²) in [7, 11) is 3.02. The number of anilines is 2. The number of amides is 1. The molecule has 4 aromatic rings. The van der Waals surface area contributed by atoms with E-state index in [4.69, 9.17) is 31.2 Å². The largest absolute Gasteiger partial charge is 0.497 e. The van der Waals surface area contributed by atoms with Crippen LogP contribution in [0.1, 0.15) is 38.8 Å². The maximum absolute atomic E-state index is 13.7. The van der Waals surface area contributed by atoms with Gasteiger partial charge in [-0.15, -0.1) is 0 Å². The zero-order valence-electron chi connectivity index (χ0n) is 25.1. The van der Waals surface area contributed by atoms with Gasteiger partial charge in [0.25, 0.3) is 5.17 Å². The molecule has 0 bridgehead atoms. The summed E-state index contributed by atoms with van der Waals surface area (Å²) in [5.74, 6) is 0.247. The van der Waals surface area contributed by atoms with Crippen molar-refractivity contribution >= 4 is 34.9 Å². The molecule has 2 aliphatic rings. The molecule has 0 spiro atoms. The fraction of sp³-hybridized carbons (Fsp3) is 0.235. The van der Waals surface area contributed by atoms with Crippen molar-refractivity contribution in [3.8, 4) is 33.8 Å². The van der Waals surface area contributed by atoms with E-state index in [1.807, 2.05) is 58.0 Å². The Labute approximate surface area is 260 Å². The summed E-state index contributed by atoms with van der Waals surface area (Å²) in [6.07, 6.45) is -0.474. The number of nitrogens with one attached hydrogen (secondary N) is 2. The molecular weight excluding hydrogens is 586 g/mol. The molecule has 0 radical (unpaired) electrons. The van der Waals surface area contributed by atoms with Crippen molar-refractivity contribution in [3.05, 3.63) is 95.6 Å². The third-order valence-electron chi connectivity index (χ3n) is 7.39. The summed E-state index contributed by atoms with van der Waals surface area (Å²) in [5.41, 5.74) is 5.32. The van der Waals surface area contributed by atoms with Gasteiger partial charge in [-0.05, 0) is 111 Å². The summed E-state index contributed by atoms with van der Waals surface area (Å²) < 4.78 is 48.6. The number of hydrogen-bond donors (Lipinski definition) is 2. The zero-order chi connectivity index (χ0) is 31.8. The predicted molar refractivity (Wildman–Crippen MR) is 170 cm³/mol. The first-order valence-electron chi connectivity index (χ1n) is 13.8. The van der Waals surface area contributed by atoms with Gasteiger partial charge in [0.15, 0.2) is 0 Å². The predicted octanol–water partition coefficient (Wildman–Crippen LogP) is 8.76. The van der Waals surface area contributed by atoms with E-state index in [-0.39, 0.29) is 11.6 Å². The molecule has 1 amide bonds. The van der Waals surface area contributed by atoms with Crippen molar-refractivity contribution in [3.63, 3.8) is 0 Å². The fourth-order valence-corrected chi connectivity index (χ4v) is 5.52. The summed E-state index contributed by atoms with van der Waals surface area (Å²) in [6.45, 7) is 7.55. The third kappa shape index (κ3) is 6.45. The lowest BCUT2D eigenvalue weighted by Gasteiger charge is -2.34. The molecule has 0 atom stereocenters. The van der Waals surface area contributed by atoms with Crippen LogP contribution in [0.4, 0.5) is 25.0 Å². The molecule has 10 heteroatoms. The Bertz CT molecular complexity index is 1640. The highest BCUT2D eigenvalue weighted by Crippen LogP contribution is 2.40. The normalized spacial score (nSPS) is 15.5. The number of thiocarbonyl (C=S) groups is 1. The number of ether oxygens (including phenoxy) is 4. The number of halogens is 2. The van der Waals surface area contributed by atoms with Gasteiger partial charge in [0.05, 0.1) is 19.9 Å². The Morgan fingerprint density at radius 3 is 1.57 bits per heavy atom. The molecule has 0 aliphatic carbocycles. The quantitative estimate of drug-likeness (QED) is 0.222. The van der Waals surface area contributed by atoms with E-state index in [1.165, 1.54) is 38.5 Å². The van der Waals surface area contributed by atoms with Gasteiger partial charge in [-0.1, -0.05) is 12.1 Å². The zero-order valence-corrected chi connectivity index (χ0v) is 26.0. The smallest absolute Gasteiger partial charge is 0.412 e. The lowest BCUT2D eigenvalue weighted by atomic mass is 9.91. The molecule has 0 fully saturated rings. The molecule has 0 unspecified atom stereocenters. The van der Waals surface area contributed by atoms with Gasteiger partial charge >= 0.3 is 6.09 Å². The number of methoxy groups -OCH3 is 2.